The van der Waals surface area contributed by atoms with E-state index in [4.69, 9.17) is 11.5 Å². The number of carbonyl (C=O) groups excluding carboxylic acids is 4. The third kappa shape index (κ3) is 2.26. The maximum Gasteiger partial charge on any atom is 0.238 e. The van der Waals surface area contributed by atoms with Crippen molar-refractivity contribution in [3.63, 3.8) is 0 Å². The zero-order valence-corrected chi connectivity index (χ0v) is 16.9. The van der Waals surface area contributed by atoms with Crippen LogP contribution in [0.4, 0.5) is 22.7 Å². The number of nitrogens with zero attached hydrogens (tertiary/aromatic N) is 2. The van der Waals surface area contributed by atoms with E-state index in [-0.39, 0.29) is 23.6 Å². The lowest BCUT2D eigenvalue weighted by Gasteiger charge is -2.44. The zero-order valence-electron chi connectivity index (χ0n) is 16.9. The number of hydrogen-bond donors (Lipinski definition) is 2. The Morgan fingerprint density at radius 1 is 0.500 bits per heavy atom. The summed E-state index contributed by atoms with van der Waals surface area (Å²) in [5.74, 6) is -4.91. The second kappa shape index (κ2) is 6.29. The Morgan fingerprint density at radius 2 is 0.781 bits per heavy atom. The van der Waals surface area contributed by atoms with Crippen LogP contribution in [0.3, 0.4) is 0 Å². The molecule has 0 radical (unpaired) electrons. The number of carbonyl (C=O) groups is 4. The zero-order chi connectivity index (χ0) is 22.3. The first-order valence-corrected chi connectivity index (χ1v) is 10.5. The lowest BCUT2D eigenvalue weighted by atomic mass is 9.54. The van der Waals surface area contributed by atoms with Crippen molar-refractivity contribution < 1.29 is 19.2 Å². The van der Waals surface area contributed by atoms with Crippen molar-refractivity contribution in [3.05, 3.63) is 60.7 Å². The highest BCUT2D eigenvalue weighted by atomic mass is 16.2. The molecule has 5 aliphatic rings. The summed E-state index contributed by atoms with van der Waals surface area (Å²) in [6, 6.07) is 13.1. The van der Waals surface area contributed by atoms with Gasteiger partial charge < -0.3 is 11.5 Å². The van der Waals surface area contributed by atoms with E-state index in [1.807, 2.05) is 12.2 Å². The van der Waals surface area contributed by atoms with Gasteiger partial charge in [0.05, 0.1) is 35.0 Å². The molecule has 7 rings (SSSR count). The molecule has 6 atom stereocenters. The van der Waals surface area contributed by atoms with Crippen LogP contribution in [-0.4, -0.2) is 23.6 Å². The second-order valence-corrected chi connectivity index (χ2v) is 8.85. The quantitative estimate of drug-likeness (QED) is 0.425. The van der Waals surface area contributed by atoms with Crippen molar-refractivity contribution in [2.45, 2.75) is 0 Å². The van der Waals surface area contributed by atoms with Crippen molar-refractivity contribution in [2.75, 3.05) is 21.3 Å². The summed E-state index contributed by atoms with van der Waals surface area (Å²) in [4.78, 5) is 56.0. The van der Waals surface area contributed by atoms with Crippen molar-refractivity contribution >= 4 is 46.4 Å². The molecule has 0 spiro atoms. The Bertz CT molecular complexity index is 1080. The van der Waals surface area contributed by atoms with Gasteiger partial charge in [-0.2, -0.15) is 0 Å². The average molecular weight is 428 g/mol. The summed E-state index contributed by atoms with van der Waals surface area (Å²) in [6.45, 7) is 0. The van der Waals surface area contributed by atoms with E-state index in [0.29, 0.717) is 22.7 Å². The minimum absolute atomic E-state index is 0.325. The van der Waals surface area contributed by atoms with Crippen LogP contribution in [-0.2, 0) is 19.2 Å². The van der Waals surface area contributed by atoms with Crippen LogP contribution in [0.2, 0.25) is 0 Å². The van der Waals surface area contributed by atoms with Crippen molar-refractivity contribution in [3.8, 4) is 0 Å². The van der Waals surface area contributed by atoms with E-state index in [0.717, 1.165) is 0 Å². The Morgan fingerprint density at radius 3 is 1.06 bits per heavy atom. The van der Waals surface area contributed by atoms with Gasteiger partial charge in [-0.25, -0.2) is 0 Å². The third-order valence-electron chi connectivity index (χ3n) is 7.31. The first kappa shape index (κ1) is 18.8. The minimum Gasteiger partial charge on any atom is -0.399 e. The largest absolute Gasteiger partial charge is 0.399 e. The van der Waals surface area contributed by atoms with Gasteiger partial charge in [-0.15, -0.1) is 0 Å². The molecule has 3 aliphatic carbocycles. The molecular formula is C24H20N4O4. The Balaban J connectivity index is 1.39. The maximum absolute atomic E-state index is 13.4. The number of nitrogens with two attached hydrogens (primary N) is 2. The molecule has 2 aromatic carbocycles. The van der Waals surface area contributed by atoms with Crippen LogP contribution in [0.25, 0.3) is 0 Å². The van der Waals surface area contributed by atoms with Crippen LogP contribution < -0.4 is 21.3 Å². The molecule has 32 heavy (non-hydrogen) atoms. The molecule has 3 fully saturated rings. The first-order chi connectivity index (χ1) is 15.4. The van der Waals surface area contributed by atoms with E-state index >= 15 is 0 Å². The molecule has 2 heterocycles. The average Bonchev–Trinajstić information content (AvgIpc) is 3.23. The molecule has 160 valence electrons. The molecule has 8 heteroatoms. The standard InChI is InChI=1S/C24H20N4O4/c25-11-1-5-13(6-2-11)27-21(29)17-15-9-10-16(18(17)22(27)30)20-19(15)23(31)28(24(20)32)14-7-3-12(26)4-8-14/h1-10,15-20H,25-26H2/t15?,16?,17-,18+,19+,20-. The normalized spacial score (nSPS) is 32.6. The van der Waals surface area contributed by atoms with Crippen molar-refractivity contribution in [1.29, 1.82) is 0 Å². The summed E-state index contributed by atoms with van der Waals surface area (Å²) < 4.78 is 0. The van der Waals surface area contributed by atoms with Crippen LogP contribution in [0.1, 0.15) is 0 Å². The van der Waals surface area contributed by atoms with Crippen molar-refractivity contribution in [2.24, 2.45) is 35.5 Å². The van der Waals surface area contributed by atoms with E-state index in [1.54, 1.807) is 48.5 Å². The number of allylic oxidation sites excluding steroid dienone is 2. The number of anilines is 4. The number of nitrogen functional groups attached to an aromatic ring is 2. The Labute approximate surface area is 183 Å². The van der Waals surface area contributed by atoms with Gasteiger partial charge in [0.1, 0.15) is 0 Å². The molecule has 2 saturated heterocycles. The number of benzene rings is 2. The van der Waals surface area contributed by atoms with E-state index in [1.165, 1.54) is 9.80 Å². The molecule has 0 aromatic heterocycles. The summed E-state index contributed by atoms with van der Waals surface area (Å²) in [5.41, 5.74) is 13.4. The van der Waals surface area contributed by atoms with Crippen molar-refractivity contribution in [1.82, 2.24) is 0 Å². The molecule has 4 N–H and O–H groups in total. The maximum atomic E-state index is 13.4. The number of rotatable bonds is 2. The van der Waals surface area contributed by atoms with Gasteiger partial charge in [-0.3, -0.25) is 29.0 Å². The van der Waals surface area contributed by atoms with E-state index < -0.39 is 35.5 Å². The molecule has 2 bridgehead atoms. The summed E-state index contributed by atoms with van der Waals surface area (Å²) in [6.07, 6.45) is 3.70. The monoisotopic (exact) mass is 428 g/mol. The van der Waals surface area contributed by atoms with Gasteiger partial charge in [0.2, 0.25) is 23.6 Å². The van der Waals surface area contributed by atoms with Gasteiger partial charge in [-0.1, -0.05) is 12.2 Å². The molecule has 2 aromatic rings. The van der Waals surface area contributed by atoms with E-state index in [9.17, 15) is 19.2 Å². The van der Waals surface area contributed by atoms with E-state index in [2.05, 4.69) is 0 Å². The van der Waals surface area contributed by atoms with Crippen LogP contribution in [0.15, 0.2) is 60.7 Å². The summed E-state index contributed by atoms with van der Waals surface area (Å²) in [7, 11) is 0. The molecule has 4 amide bonds. The molecular weight excluding hydrogens is 408 g/mol. The Hall–Kier alpha value is -3.94. The number of imide groups is 2. The second-order valence-electron chi connectivity index (χ2n) is 8.85. The van der Waals surface area contributed by atoms with Gasteiger partial charge in [-0.05, 0) is 48.5 Å². The minimum atomic E-state index is -0.653. The molecule has 8 nitrogen and oxygen atoms in total. The highest BCUT2D eigenvalue weighted by molar-refractivity contribution is 6.26. The number of amides is 4. The molecule has 2 aliphatic heterocycles. The Kier molecular flexibility index (Phi) is 3.69. The molecule has 1 saturated carbocycles. The fourth-order valence-corrected chi connectivity index (χ4v) is 5.98. The molecule has 2 unspecified atom stereocenters. The topological polar surface area (TPSA) is 127 Å². The summed E-state index contributed by atoms with van der Waals surface area (Å²) in [5, 5.41) is 0. The highest BCUT2D eigenvalue weighted by Crippen LogP contribution is 2.58. The lowest BCUT2D eigenvalue weighted by molar-refractivity contribution is -0.137. The number of hydrogen-bond acceptors (Lipinski definition) is 6. The van der Waals surface area contributed by atoms with Gasteiger partial charge >= 0.3 is 0 Å². The fraction of sp³-hybridized carbons (Fsp3) is 0.250. The predicted molar refractivity (Wildman–Crippen MR) is 117 cm³/mol. The van der Waals surface area contributed by atoms with Gasteiger partial charge in [0.15, 0.2) is 0 Å². The van der Waals surface area contributed by atoms with Gasteiger partial charge in [0, 0.05) is 23.2 Å². The lowest BCUT2D eigenvalue weighted by Crippen LogP contribution is -2.50. The fourth-order valence-electron chi connectivity index (χ4n) is 5.98. The predicted octanol–water partition coefficient (Wildman–Crippen LogP) is 1.58. The highest BCUT2D eigenvalue weighted by Gasteiger charge is 2.68. The summed E-state index contributed by atoms with van der Waals surface area (Å²) >= 11 is 0. The van der Waals surface area contributed by atoms with Crippen LogP contribution >= 0.6 is 0 Å². The SMILES string of the molecule is Nc1ccc(N2C(=O)[C@@H]3C4C=CC([C@H]5C(=O)N(c6ccc(N)cc6)C(=O)[C@@H]45)[C@@H]3C2=O)cc1. The smallest absolute Gasteiger partial charge is 0.238 e. The van der Waals surface area contributed by atoms with Crippen LogP contribution in [0, 0.1) is 35.5 Å². The third-order valence-corrected chi connectivity index (χ3v) is 7.31. The van der Waals surface area contributed by atoms with Crippen LogP contribution in [0.5, 0.6) is 0 Å². The first-order valence-electron chi connectivity index (χ1n) is 10.5. The van der Waals surface area contributed by atoms with Gasteiger partial charge in [0.25, 0.3) is 0 Å².